The zero-order valence-corrected chi connectivity index (χ0v) is 10.6. The first-order valence-electron chi connectivity index (χ1n) is 5.98. The van der Waals surface area contributed by atoms with Crippen LogP contribution < -0.4 is 16.0 Å². The third kappa shape index (κ3) is 4.34. The molecule has 0 aliphatic heterocycles. The number of nitrogens with one attached hydrogen (secondary N) is 1. The zero-order chi connectivity index (χ0) is 12.7. The summed E-state index contributed by atoms with van der Waals surface area (Å²) in [4.78, 5) is 13.4. The summed E-state index contributed by atoms with van der Waals surface area (Å²) in [7, 11) is 1.66. The molecule has 0 aromatic heterocycles. The molecule has 1 rings (SSSR count). The highest BCUT2D eigenvalue weighted by Crippen LogP contribution is 2.18. The number of anilines is 2. The van der Waals surface area contributed by atoms with E-state index in [2.05, 4.69) is 17.1 Å². The minimum absolute atomic E-state index is 0.0648. The van der Waals surface area contributed by atoms with Gasteiger partial charge in [0.2, 0.25) is 5.91 Å². The van der Waals surface area contributed by atoms with Crippen molar-refractivity contribution in [3.8, 4) is 0 Å². The molecule has 0 saturated heterocycles. The summed E-state index contributed by atoms with van der Waals surface area (Å²) < 4.78 is 0. The largest absolute Gasteiger partial charge is 0.399 e. The first-order valence-corrected chi connectivity index (χ1v) is 5.98. The molecule has 4 heteroatoms. The Morgan fingerprint density at radius 1 is 1.41 bits per heavy atom. The standard InChI is InChI=1S/C13H21N3O/c1-3-8-16(9-7-13(17)15-2)12-6-4-5-11(14)10-12/h4-6,10H,3,7-9,14H2,1-2H3,(H,15,17). The summed E-state index contributed by atoms with van der Waals surface area (Å²) in [5.74, 6) is 0.0648. The highest BCUT2D eigenvalue weighted by Gasteiger charge is 2.07. The molecule has 17 heavy (non-hydrogen) atoms. The van der Waals surface area contributed by atoms with E-state index in [4.69, 9.17) is 5.73 Å². The van der Waals surface area contributed by atoms with Crippen LogP contribution in [0.2, 0.25) is 0 Å². The van der Waals surface area contributed by atoms with Gasteiger partial charge in [-0.3, -0.25) is 4.79 Å². The highest BCUT2D eigenvalue weighted by molar-refractivity contribution is 5.76. The van der Waals surface area contributed by atoms with Crippen molar-refractivity contribution < 1.29 is 4.79 Å². The van der Waals surface area contributed by atoms with E-state index in [0.717, 1.165) is 30.9 Å². The second-order valence-corrected chi connectivity index (χ2v) is 4.01. The Kier molecular flexibility index (Phi) is 5.33. The molecule has 0 saturated carbocycles. The van der Waals surface area contributed by atoms with Crippen molar-refractivity contribution in [1.82, 2.24) is 5.32 Å². The lowest BCUT2D eigenvalue weighted by atomic mass is 10.2. The van der Waals surface area contributed by atoms with Crippen LogP contribution >= 0.6 is 0 Å². The van der Waals surface area contributed by atoms with Crippen molar-refractivity contribution in [2.24, 2.45) is 0 Å². The number of nitrogen functional groups attached to an aromatic ring is 1. The van der Waals surface area contributed by atoms with E-state index in [0.29, 0.717) is 6.42 Å². The maximum absolute atomic E-state index is 11.3. The van der Waals surface area contributed by atoms with Gasteiger partial charge in [-0.25, -0.2) is 0 Å². The fraction of sp³-hybridized carbons (Fsp3) is 0.462. The minimum Gasteiger partial charge on any atom is -0.399 e. The zero-order valence-electron chi connectivity index (χ0n) is 10.6. The molecule has 1 aromatic rings. The Morgan fingerprint density at radius 3 is 2.76 bits per heavy atom. The fourth-order valence-corrected chi connectivity index (χ4v) is 1.72. The molecule has 1 amide bonds. The Bertz CT molecular complexity index is 365. The van der Waals surface area contributed by atoms with Crippen LogP contribution in [0, 0.1) is 0 Å². The van der Waals surface area contributed by atoms with Crippen LogP contribution in [0.25, 0.3) is 0 Å². The predicted octanol–water partition coefficient (Wildman–Crippen LogP) is 1.62. The van der Waals surface area contributed by atoms with Crippen LogP contribution in [0.3, 0.4) is 0 Å². The van der Waals surface area contributed by atoms with Crippen molar-refractivity contribution >= 4 is 17.3 Å². The topological polar surface area (TPSA) is 58.4 Å². The Labute approximate surface area is 103 Å². The number of carbonyl (C=O) groups is 1. The van der Waals surface area contributed by atoms with Gasteiger partial charge in [0.25, 0.3) is 0 Å². The summed E-state index contributed by atoms with van der Waals surface area (Å²) in [5.41, 5.74) is 7.60. The van der Waals surface area contributed by atoms with Crippen molar-refractivity contribution in [3.05, 3.63) is 24.3 Å². The van der Waals surface area contributed by atoms with Crippen molar-refractivity contribution in [2.45, 2.75) is 19.8 Å². The number of benzene rings is 1. The molecule has 0 spiro atoms. The fourth-order valence-electron chi connectivity index (χ4n) is 1.72. The van der Waals surface area contributed by atoms with Gasteiger partial charge in [0.05, 0.1) is 0 Å². The molecule has 0 heterocycles. The number of carbonyl (C=O) groups excluding carboxylic acids is 1. The summed E-state index contributed by atoms with van der Waals surface area (Å²) in [6.45, 7) is 3.77. The van der Waals surface area contributed by atoms with E-state index in [1.165, 1.54) is 0 Å². The summed E-state index contributed by atoms with van der Waals surface area (Å²) in [6, 6.07) is 7.77. The van der Waals surface area contributed by atoms with Crippen molar-refractivity contribution in [1.29, 1.82) is 0 Å². The molecule has 0 aliphatic rings. The average Bonchev–Trinajstić information content (AvgIpc) is 2.34. The second kappa shape index (κ2) is 6.78. The summed E-state index contributed by atoms with van der Waals surface area (Å²) >= 11 is 0. The van der Waals surface area contributed by atoms with E-state index in [-0.39, 0.29) is 5.91 Å². The van der Waals surface area contributed by atoms with E-state index >= 15 is 0 Å². The molecule has 0 bridgehead atoms. The van der Waals surface area contributed by atoms with Gasteiger partial charge in [-0.15, -0.1) is 0 Å². The molecule has 0 atom stereocenters. The highest BCUT2D eigenvalue weighted by atomic mass is 16.1. The van der Waals surface area contributed by atoms with Gasteiger partial charge >= 0.3 is 0 Å². The second-order valence-electron chi connectivity index (χ2n) is 4.01. The van der Waals surface area contributed by atoms with Gasteiger partial charge in [-0.2, -0.15) is 0 Å². The van der Waals surface area contributed by atoms with Gasteiger partial charge in [-0.05, 0) is 24.6 Å². The lowest BCUT2D eigenvalue weighted by Gasteiger charge is -2.24. The number of nitrogens with zero attached hydrogens (tertiary/aromatic N) is 1. The molecule has 94 valence electrons. The smallest absolute Gasteiger partial charge is 0.221 e. The summed E-state index contributed by atoms with van der Waals surface area (Å²) in [6.07, 6.45) is 1.55. The lowest BCUT2D eigenvalue weighted by molar-refractivity contribution is -0.120. The number of hydrogen-bond acceptors (Lipinski definition) is 3. The summed E-state index contributed by atoms with van der Waals surface area (Å²) in [5, 5.41) is 2.63. The van der Waals surface area contributed by atoms with E-state index in [1.54, 1.807) is 7.05 Å². The van der Waals surface area contributed by atoms with Crippen LogP contribution in [-0.2, 0) is 4.79 Å². The lowest BCUT2D eigenvalue weighted by Crippen LogP contribution is -2.30. The van der Waals surface area contributed by atoms with Gasteiger partial charge in [0.15, 0.2) is 0 Å². The van der Waals surface area contributed by atoms with Crippen molar-refractivity contribution in [3.63, 3.8) is 0 Å². The number of amides is 1. The third-order valence-electron chi connectivity index (χ3n) is 2.62. The molecule has 0 aliphatic carbocycles. The predicted molar refractivity (Wildman–Crippen MR) is 72.0 cm³/mol. The van der Waals surface area contributed by atoms with Crippen LogP contribution in [-0.4, -0.2) is 26.0 Å². The Balaban J connectivity index is 2.68. The van der Waals surface area contributed by atoms with E-state index in [1.807, 2.05) is 24.3 Å². The van der Waals surface area contributed by atoms with Crippen LogP contribution in [0.1, 0.15) is 19.8 Å². The van der Waals surface area contributed by atoms with Crippen molar-refractivity contribution in [2.75, 3.05) is 30.8 Å². The molecule has 4 nitrogen and oxygen atoms in total. The number of rotatable bonds is 6. The monoisotopic (exact) mass is 235 g/mol. The SMILES string of the molecule is CCCN(CCC(=O)NC)c1cccc(N)c1. The molecular weight excluding hydrogens is 214 g/mol. The molecule has 0 radical (unpaired) electrons. The minimum atomic E-state index is 0.0648. The molecule has 1 aromatic carbocycles. The van der Waals surface area contributed by atoms with Gasteiger partial charge < -0.3 is 16.0 Å². The molecule has 0 fully saturated rings. The maximum atomic E-state index is 11.3. The number of nitrogens with two attached hydrogens (primary N) is 1. The average molecular weight is 235 g/mol. The van der Waals surface area contributed by atoms with Gasteiger partial charge in [0, 0.05) is 37.9 Å². The van der Waals surface area contributed by atoms with Crippen LogP contribution in [0.15, 0.2) is 24.3 Å². The molecular formula is C13H21N3O. The van der Waals surface area contributed by atoms with Crippen LogP contribution in [0.5, 0.6) is 0 Å². The quantitative estimate of drug-likeness (QED) is 0.737. The normalized spacial score (nSPS) is 10.0. The van der Waals surface area contributed by atoms with Gasteiger partial charge in [0.1, 0.15) is 0 Å². The maximum Gasteiger partial charge on any atom is 0.221 e. The van der Waals surface area contributed by atoms with E-state index < -0.39 is 0 Å². The Morgan fingerprint density at radius 2 is 2.18 bits per heavy atom. The molecule has 3 N–H and O–H groups in total. The Hall–Kier alpha value is -1.71. The first kappa shape index (κ1) is 13.4. The first-order chi connectivity index (χ1) is 8.17. The third-order valence-corrected chi connectivity index (χ3v) is 2.62. The number of hydrogen-bond donors (Lipinski definition) is 2. The van der Waals surface area contributed by atoms with E-state index in [9.17, 15) is 4.79 Å². The molecule has 0 unspecified atom stereocenters. The van der Waals surface area contributed by atoms with Gasteiger partial charge in [-0.1, -0.05) is 13.0 Å². The van der Waals surface area contributed by atoms with Crippen LogP contribution in [0.4, 0.5) is 11.4 Å².